The first-order chi connectivity index (χ1) is 9.99. The second-order valence-electron chi connectivity index (χ2n) is 5.91. The highest BCUT2D eigenvalue weighted by Gasteiger charge is 2.26. The minimum Gasteiger partial charge on any atom is -0.396 e. The van der Waals surface area contributed by atoms with E-state index in [1.807, 2.05) is 30.5 Å². The van der Waals surface area contributed by atoms with E-state index < -0.39 is 5.41 Å². The molecule has 1 heterocycles. The van der Waals surface area contributed by atoms with Crippen molar-refractivity contribution >= 4 is 16.8 Å². The number of likely N-dealkylation sites (N-methyl/N-ethyl adjacent to an activating group) is 1. The Bertz CT molecular complexity index is 617. The maximum Gasteiger partial charge on any atom is 0.226 e. The van der Waals surface area contributed by atoms with Crippen LogP contribution in [0.15, 0.2) is 30.5 Å². The van der Waals surface area contributed by atoms with Crippen molar-refractivity contribution in [3.63, 3.8) is 0 Å². The number of hydrogen-bond donors (Lipinski definition) is 3. The molecule has 0 aliphatic heterocycles. The molecule has 2 rings (SSSR count). The summed E-state index contributed by atoms with van der Waals surface area (Å²) in [6, 6.07) is 7.86. The number of H-pyrrole nitrogens is 1. The average Bonchev–Trinajstić information content (AvgIpc) is 2.90. The van der Waals surface area contributed by atoms with Gasteiger partial charge in [0.2, 0.25) is 5.91 Å². The minimum absolute atomic E-state index is 0.0344. The number of fused-ring (bicyclic) bond motifs is 1. The first-order valence-electron chi connectivity index (χ1n) is 7.00. The lowest BCUT2D eigenvalue weighted by atomic mass is 9.92. The Morgan fingerprint density at radius 2 is 1.95 bits per heavy atom. The van der Waals surface area contributed by atoms with Crippen LogP contribution in [0.2, 0.25) is 0 Å². The van der Waals surface area contributed by atoms with Gasteiger partial charge in [-0.05, 0) is 11.6 Å². The van der Waals surface area contributed by atoms with Gasteiger partial charge in [-0.15, -0.1) is 0 Å². The van der Waals surface area contributed by atoms with E-state index in [2.05, 4.69) is 4.98 Å². The predicted molar refractivity (Wildman–Crippen MR) is 81.9 cm³/mol. The molecule has 0 radical (unpaired) electrons. The van der Waals surface area contributed by atoms with Crippen molar-refractivity contribution in [3.05, 3.63) is 36.0 Å². The summed E-state index contributed by atoms with van der Waals surface area (Å²) in [7, 11) is 1.70. The minimum atomic E-state index is -0.676. The van der Waals surface area contributed by atoms with Crippen molar-refractivity contribution in [1.82, 2.24) is 9.88 Å². The molecule has 114 valence electrons. The second-order valence-corrected chi connectivity index (χ2v) is 5.91. The van der Waals surface area contributed by atoms with Crippen LogP contribution in [-0.4, -0.2) is 52.8 Å². The molecule has 2 aromatic rings. The molecule has 5 nitrogen and oxygen atoms in total. The van der Waals surface area contributed by atoms with Crippen molar-refractivity contribution in [1.29, 1.82) is 0 Å². The molecule has 5 heteroatoms. The summed E-state index contributed by atoms with van der Waals surface area (Å²) in [5, 5.41) is 19.7. The van der Waals surface area contributed by atoms with Crippen LogP contribution in [0.5, 0.6) is 0 Å². The third-order valence-corrected chi connectivity index (χ3v) is 3.82. The molecule has 0 saturated carbocycles. The molecule has 21 heavy (non-hydrogen) atoms. The standard InChI is InChI=1S/C16H22N2O3/c1-16(10-19,11-20)9-18(2)15(21)7-12-8-17-14-6-4-3-5-13(12)14/h3-6,8,17,19-20H,7,9-11H2,1-2H3. The van der Waals surface area contributed by atoms with Crippen LogP contribution >= 0.6 is 0 Å². The molecule has 0 bridgehead atoms. The SMILES string of the molecule is CN(CC(C)(CO)CO)C(=O)Cc1c[nH]c2ccccc12. The van der Waals surface area contributed by atoms with Crippen molar-refractivity contribution < 1.29 is 15.0 Å². The lowest BCUT2D eigenvalue weighted by molar-refractivity contribution is -0.131. The number of nitrogens with one attached hydrogen (secondary N) is 1. The fourth-order valence-corrected chi connectivity index (χ4v) is 2.39. The van der Waals surface area contributed by atoms with Crippen LogP contribution in [0.3, 0.4) is 0 Å². The molecular weight excluding hydrogens is 268 g/mol. The second kappa shape index (κ2) is 6.28. The average molecular weight is 290 g/mol. The zero-order valence-corrected chi connectivity index (χ0v) is 12.5. The smallest absolute Gasteiger partial charge is 0.226 e. The third-order valence-electron chi connectivity index (χ3n) is 3.82. The summed E-state index contributed by atoms with van der Waals surface area (Å²) in [6.45, 7) is 1.76. The number of aromatic nitrogens is 1. The van der Waals surface area contributed by atoms with Gasteiger partial charge in [0.15, 0.2) is 0 Å². The monoisotopic (exact) mass is 290 g/mol. The van der Waals surface area contributed by atoms with Crippen molar-refractivity contribution in [3.8, 4) is 0 Å². The largest absolute Gasteiger partial charge is 0.396 e. The third kappa shape index (κ3) is 3.43. The van der Waals surface area contributed by atoms with E-state index in [0.29, 0.717) is 13.0 Å². The molecule has 0 fully saturated rings. The van der Waals surface area contributed by atoms with E-state index in [1.54, 1.807) is 18.9 Å². The lowest BCUT2D eigenvalue weighted by Crippen LogP contribution is -2.42. The number of amides is 1. The quantitative estimate of drug-likeness (QED) is 0.747. The Labute approximate surface area is 124 Å². The van der Waals surface area contributed by atoms with Crippen molar-refractivity contribution in [2.45, 2.75) is 13.3 Å². The number of hydrogen-bond acceptors (Lipinski definition) is 3. The van der Waals surface area contributed by atoms with E-state index in [4.69, 9.17) is 0 Å². The highest BCUT2D eigenvalue weighted by atomic mass is 16.3. The Morgan fingerprint density at radius 1 is 1.29 bits per heavy atom. The van der Waals surface area contributed by atoms with Gasteiger partial charge in [-0.1, -0.05) is 25.1 Å². The van der Waals surface area contributed by atoms with E-state index in [9.17, 15) is 15.0 Å². The van der Waals surface area contributed by atoms with Gasteiger partial charge < -0.3 is 20.1 Å². The summed E-state index contributed by atoms with van der Waals surface area (Å²) in [6.07, 6.45) is 2.15. The van der Waals surface area contributed by atoms with Gasteiger partial charge >= 0.3 is 0 Å². The number of aliphatic hydroxyl groups excluding tert-OH is 2. The molecule has 0 spiro atoms. The maximum atomic E-state index is 12.3. The van der Waals surface area contributed by atoms with Gasteiger partial charge in [0.25, 0.3) is 0 Å². The molecule has 0 saturated heterocycles. The van der Waals surface area contributed by atoms with Gasteiger partial charge in [-0.3, -0.25) is 4.79 Å². The fraction of sp³-hybridized carbons (Fsp3) is 0.438. The Kier molecular flexibility index (Phi) is 4.65. The number of rotatable bonds is 6. The normalized spacial score (nSPS) is 11.8. The molecule has 0 unspecified atom stereocenters. The van der Waals surface area contributed by atoms with Gasteiger partial charge in [0, 0.05) is 36.1 Å². The Morgan fingerprint density at radius 3 is 2.62 bits per heavy atom. The topological polar surface area (TPSA) is 76.6 Å². The van der Waals surface area contributed by atoms with Gasteiger partial charge in [-0.25, -0.2) is 0 Å². The number of benzene rings is 1. The molecule has 1 amide bonds. The van der Waals surface area contributed by atoms with E-state index in [1.165, 1.54) is 0 Å². The molecule has 1 aromatic carbocycles. The lowest BCUT2D eigenvalue weighted by Gasteiger charge is -2.30. The fourth-order valence-electron chi connectivity index (χ4n) is 2.39. The van der Waals surface area contributed by atoms with E-state index in [-0.39, 0.29) is 19.1 Å². The maximum absolute atomic E-state index is 12.3. The number of aromatic amines is 1. The highest BCUT2D eigenvalue weighted by molar-refractivity contribution is 5.88. The van der Waals surface area contributed by atoms with Crippen LogP contribution in [-0.2, 0) is 11.2 Å². The van der Waals surface area contributed by atoms with E-state index in [0.717, 1.165) is 16.5 Å². The predicted octanol–water partition coefficient (Wildman–Crippen LogP) is 1.16. The summed E-state index contributed by atoms with van der Waals surface area (Å²) in [5.74, 6) is -0.0344. The molecule has 3 N–H and O–H groups in total. The number of nitrogens with zero attached hydrogens (tertiary/aromatic N) is 1. The van der Waals surface area contributed by atoms with Gasteiger partial charge in [0.05, 0.1) is 19.6 Å². The summed E-state index contributed by atoms with van der Waals surface area (Å²) in [5.41, 5.74) is 1.29. The van der Waals surface area contributed by atoms with Gasteiger partial charge in [0.1, 0.15) is 0 Å². The number of para-hydroxylation sites is 1. The van der Waals surface area contributed by atoms with Crippen molar-refractivity contribution in [2.75, 3.05) is 26.8 Å². The van der Waals surface area contributed by atoms with Crippen LogP contribution in [0.4, 0.5) is 0 Å². The summed E-state index contributed by atoms with van der Waals surface area (Å²) < 4.78 is 0. The molecule has 0 aliphatic carbocycles. The zero-order chi connectivity index (χ0) is 15.5. The van der Waals surface area contributed by atoms with E-state index >= 15 is 0 Å². The molecule has 0 atom stereocenters. The number of carbonyl (C=O) groups is 1. The first kappa shape index (κ1) is 15.5. The first-order valence-corrected chi connectivity index (χ1v) is 7.00. The molecule has 0 aliphatic rings. The summed E-state index contributed by atoms with van der Waals surface area (Å²) in [4.78, 5) is 17.0. The van der Waals surface area contributed by atoms with Crippen LogP contribution in [0, 0.1) is 5.41 Å². The van der Waals surface area contributed by atoms with Gasteiger partial charge in [-0.2, -0.15) is 0 Å². The van der Waals surface area contributed by atoms with Crippen LogP contribution in [0.1, 0.15) is 12.5 Å². The highest BCUT2D eigenvalue weighted by Crippen LogP contribution is 2.20. The van der Waals surface area contributed by atoms with Crippen molar-refractivity contribution in [2.24, 2.45) is 5.41 Å². The summed E-state index contributed by atoms with van der Waals surface area (Å²) >= 11 is 0. The number of carbonyl (C=O) groups excluding carboxylic acids is 1. The Hall–Kier alpha value is -1.85. The number of aliphatic hydroxyl groups is 2. The molecule has 1 aromatic heterocycles. The zero-order valence-electron chi connectivity index (χ0n) is 12.5. The van der Waals surface area contributed by atoms with Crippen LogP contribution < -0.4 is 0 Å². The van der Waals surface area contributed by atoms with Crippen LogP contribution in [0.25, 0.3) is 10.9 Å². The molecular formula is C16H22N2O3. The Balaban J connectivity index is 2.07.